The third-order valence-electron chi connectivity index (χ3n) is 4.62. The maximum absolute atomic E-state index is 12.5. The molecule has 0 saturated heterocycles. The van der Waals surface area contributed by atoms with Gasteiger partial charge in [-0.1, -0.05) is 18.2 Å². The van der Waals surface area contributed by atoms with Crippen LogP contribution in [0, 0.1) is 6.92 Å². The molecule has 0 radical (unpaired) electrons. The van der Waals surface area contributed by atoms with Gasteiger partial charge in [0, 0.05) is 22.3 Å². The number of ketones is 1. The van der Waals surface area contributed by atoms with Crippen molar-refractivity contribution in [2.24, 2.45) is 0 Å². The number of aromatic nitrogens is 1. The molecule has 0 bridgehead atoms. The van der Waals surface area contributed by atoms with Crippen molar-refractivity contribution in [3.05, 3.63) is 75.8 Å². The van der Waals surface area contributed by atoms with E-state index in [9.17, 15) is 14.4 Å². The van der Waals surface area contributed by atoms with Crippen LogP contribution in [-0.2, 0) is 0 Å². The van der Waals surface area contributed by atoms with Crippen molar-refractivity contribution in [1.82, 2.24) is 4.57 Å². The molecule has 0 amide bonds. The first-order valence-electron chi connectivity index (χ1n) is 8.15. The number of hydrogen-bond acceptors (Lipinski definition) is 4. The van der Waals surface area contributed by atoms with Crippen LogP contribution in [0.1, 0.15) is 33.3 Å². The molecule has 0 saturated carbocycles. The summed E-state index contributed by atoms with van der Waals surface area (Å²) in [5.74, 6) is -0.0617. The Morgan fingerprint density at radius 3 is 2.50 bits per heavy atom. The van der Waals surface area contributed by atoms with Gasteiger partial charge in [-0.3, -0.25) is 14.4 Å². The summed E-state index contributed by atoms with van der Waals surface area (Å²) in [7, 11) is 0. The minimum absolute atomic E-state index is 0.0295. The van der Waals surface area contributed by atoms with E-state index >= 15 is 0 Å². The summed E-state index contributed by atoms with van der Waals surface area (Å²) in [4.78, 5) is 35.8. The number of Topliss-reactive ketones (excluding diaryl/α,β-unsaturated/α-hetero) is 1. The SMILES string of the molecule is CC(=O)c1c(C)n(-c2ccccc2)c2cc3c(=O)c(C=O)coc3cc12. The van der Waals surface area contributed by atoms with Crippen LogP contribution in [-0.4, -0.2) is 16.6 Å². The lowest BCUT2D eigenvalue weighted by Crippen LogP contribution is -2.07. The highest BCUT2D eigenvalue weighted by molar-refractivity contribution is 6.11. The largest absolute Gasteiger partial charge is 0.463 e. The van der Waals surface area contributed by atoms with Crippen molar-refractivity contribution < 1.29 is 14.0 Å². The molecular formula is C21H15NO4. The van der Waals surface area contributed by atoms with Crippen molar-refractivity contribution in [2.75, 3.05) is 0 Å². The summed E-state index contributed by atoms with van der Waals surface area (Å²) in [6.07, 6.45) is 1.63. The van der Waals surface area contributed by atoms with E-state index in [1.54, 1.807) is 12.1 Å². The van der Waals surface area contributed by atoms with E-state index in [2.05, 4.69) is 0 Å². The Labute approximate surface area is 148 Å². The van der Waals surface area contributed by atoms with Crippen LogP contribution in [0.2, 0.25) is 0 Å². The second-order valence-corrected chi connectivity index (χ2v) is 6.19. The van der Waals surface area contributed by atoms with Crippen LogP contribution in [0.15, 0.2) is 57.9 Å². The minimum atomic E-state index is -0.383. The summed E-state index contributed by atoms with van der Waals surface area (Å²) in [6.45, 7) is 3.40. The van der Waals surface area contributed by atoms with Crippen LogP contribution in [0.3, 0.4) is 0 Å². The highest BCUT2D eigenvalue weighted by Gasteiger charge is 2.20. The van der Waals surface area contributed by atoms with Gasteiger partial charge in [0.05, 0.1) is 16.5 Å². The molecule has 5 heteroatoms. The number of rotatable bonds is 3. The summed E-state index contributed by atoms with van der Waals surface area (Å²) in [5, 5.41) is 1.03. The van der Waals surface area contributed by atoms with Crippen LogP contribution < -0.4 is 5.43 Å². The lowest BCUT2D eigenvalue weighted by atomic mass is 10.1. The predicted octanol–water partition coefficient (Wildman–Crippen LogP) is 4.06. The van der Waals surface area contributed by atoms with E-state index in [4.69, 9.17) is 4.42 Å². The number of carbonyl (C=O) groups excluding carboxylic acids is 2. The Hall–Kier alpha value is -3.47. The first-order valence-corrected chi connectivity index (χ1v) is 8.15. The smallest absolute Gasteiger partial charge is 0.203 e. The molecule has 5 nitrogen and oxygen atoms in total. The van der Waals surface area contributed by atoms with Gasteiger partial charge in [-0.05, 0) is 38.1 Å². The van der Waals surface area contributed by atoms with Gasteiger partial charge in [-0.25, -0.2) is 0 Å². The number of para-hydroxylation sites is 1. The Kier molecular flexibility index (Phi) is 3.58. The van der Waals surface area contributed by atoms with Crippen LogP contribution in [0.4, 0.5) is 0 Å². The number of nitrogens with zero attached hydrogens (tertiary/aromatic N) is 1. The molecular weight excluding hydrogens is 330 g/mol. The molecule has 0 spiro atoms. The van der Waals surface area contributed by atoms with E-state index in [1.165, 1.54) is 6.92 Å². The molecule has 128 valence electrons. The van der Waals surface area contributed by atoms with Gasteiger partial charge in [-0.15, -0.1) is 0 Å². The van der Waals surface area contributed by atoms with Gasteiger partial charge < -0.3 is 8.98 Å². The molecule has 2 aromatic heterocycles. The zero-order valence-corrected chi connectivity index (χ0v) is 14.3. The van der Waals surface area contributed by atoms with Gasteiger partial charge in [0.1, 0.15) is 11.8 Å². The monoisotopic (exact) mass is 345 g/mol. The van der Waals surface area contributed by atoms with Crippen molar-refractivity contribution >= 4 is 33.9 Å². The number of benzene rings is 2. The third kappa shape index (κ3) is 2.21. The average Bonchev–Trinajstić information content (AvgIpc) is 2.92. The van der Waals surface area contributed by atoms with Crippen molar-refractivity contribution in [3.8, 4) is 5.69 Å². The number of aldehydes is 1. The Bertz CT molecular complexity index is 1250. The highest BCUT2D eigenvalue weighted by atomic mass is 16.3. The molecule has 0 N–H and O–H groups in total. The Morgan fingerprint density at radius 1 is 1.12 bits per heavy atom. The van der Waals surface area contributed by atoms with Crippen LogP contribution >= 0.6 is 0 Å². The minimum Gasteiger partial charge on any atom is -0.463 e. The summed E-state index contributed by atoms with van der Waals surface area (Å²) >= 11 is 0. The van der Waals surface area contributed by atoms with E-state index in [-0.39, 0.29) is 16.8 Å². The zero-order valence-electron chi connectivity index (χ0n) is 14.3. The zero-order chi connectivity index (χ0) is 18.4. The second-order valence-electron chi connectivity index (χ2n) is 6.19. The molecule has 0 aliphatic carbocycles. The maximum Gasteiger partial charge on any atom is 0.203 e. The van der Waals surface area contributed by atoms with Crippen LogP contribution in [0.5, 0.6) is 0 Å². The fourth-order valence-corrected chi connectivity index (χ4v) is 3.49. The van der Waals surface area contributed by atoms with E-state index in [0.717, 1.165) is 23.2 Å². The topological polar surface area (TPSA) is 69.3 Å². The lowest BCUT2D eigenvalue weighted by molar-refractivity contribution is 0.101. The molecule has 26 heavy (non-hydrogen) atoms. The molecule has 0 unspecified atom stereocenters. The Morgan fingerprint density at radius 2 is 1.85 bits per heavy atom. The highest BCUT2D eigenvalue weighted by Crippen LogP contribution is 2.32. The van der Waals surface area contributed by atoms with Gasteiger partial charge in [0.25, 0.3) is 0 Å². The summed E-state index contributed by atoms with van der Waals surface area (Å²) in [6, 6.07) is 13.0. The third-order valence-corrected chi connectivity index (χ3v) is 4.62. The molecule has 0 aliphatic heterocycles. The number of fused-ring (bicyclic) bond motifs is 2. The van der Waals surface area contributed by atoms with E-state index < -0.39 is 0 Å². The van der Waals surface area contributed by atoms with Gasteiger partial charge in [0.15, 0.2) is 12.1 Å². The molecule has 4 rings (SSSR count). The molecule has 0 aliphatic rings. The second kappa shape index (κ2) is 5.81. The summed E-state index contributed by atoms with van der Waals surface area (Å²) < 4.78 is 7.40. The van der Waals surface area contributed by atoms with Gasteiger partial charge >= 0.3 is 0 Å². The van der Waals surface area contributed by atoms with Gasteiger partial charge in [0.2, 0.25) is 5.43 Å². The fourth-order valence-electron chi connectivity index (χ4n) is 3.49. The maximum atomic E-state index is 12.5. The summed E-state index contributed by atoms with van der Waals surface area (Å²) in [5.41, 5.74) is 2.93. The molecule has 2 aromatic carbocycles. The first kappa shape index (κ1) is 16.0. The standard InChI is InChI=1S/C21H15NO4/c1-12-20(13(2)24)16-9-19-17(21(25)14(10-23)11-26-19)8-18(16)22(12)15-6-4-3-5-7-15/h3-11H,1-2H3. The van der Waals surface area contributed by atoms with E-state index in [0.29, 0.717) is 28.2 Å². The number of hydrogen-bond donors (Lipinski definition) is 0. The number of carbonyl (C=O) groups is 2. The average molecular weight is 345 g/mol. The quantitative estimate of drug-likeness (QED) is 0.415. The molecule has 0 fully saturated rings. The van der Waals surface area contributed by atoms with Crippen molar-refractivity contribution in [2.45, 2.75) is 13.8 Å². The lowest BCUT2D eigenvalue weighted by Gasteiger charge is -2.08. The van der Waals surface area contributed by atoms with Crippen molar-refractivity contribution in [3.63, 3.8) is 0 Å². The molecule has 4 aromatic rings. The van der Waals surface area contributed by atoms with Crippen LogP contribution in [0.25, 0.3) is 27.6 Å². The molecule has 2 heterocycles. The first-order chi connectivity index (χ1) is 12.5. The normalized spacial score (nSPS) is 11.2. The van der Waals surface area contributed by atoms with E-state index in [1.807, 2.05) is 41.8 Å². The molecule has 0 atom stereocenters. The Balaban J connectivity index is 2.22. The fraction of sp³-hybridized carbons (Fsp3) is 0.0952. The van der Waals surface area contributed by atoms with Gasteiger partial charge in [-0.2, -0.15) is 0 Å². The predicted molar refractivity (Wildman–Crippen MR) is 99.4 cm³/mol. The van der Waals surface area contributed by atoms with Crippen molar-refractivity contribution in [1.29, 1.82) is 0 Å².